The molecule has 0 aromatic carbocycles. The van der Waals surface area contributed by atoms with Gasteiger partial charge in [-0.05, 0) is 18.8 Å². The molecule has 1 aromatic heterocycles. The minimum atomic E-state index is 0.256. The second-order valence-electron chi connectivity index (χ2n) is 4.98. The maximum absolute atomic E-state index is 5.34. The molecule has 1 heterocycles. The molecule has 0 radical (unpaired) electrons. The molecular weight excluding hydrogens is 244 g/mol. The molecule has 0 bridgehead atoms. The fraction of sp³-hybridized carbons (Fsp3) is 0.750. The summed E-state index contributed by atoms with van der Waals surface area (Å²) in [6.07, 6.45) is 6.22. The van der Waals surface area contributed by atoms with Gasteiger partial charge in [0.2, 0.25) is 11.9 Å². The molecule has 2 unspecified atom stereocenters. The first kappa shape index (κ1) is 13.8. The molecule has 0 spiro atoms. The molecule has 2 rings (SSSR count). The average molecular weight is 266 g/mol. The summed E-state index contributed by atoms with van der Waals surface area (Å²) < 4.78 is 5.04. The fourth-order valence-electron chi connectivity index (χ4n) is 2.45. The summed E-state index contributed by atoms with van der Waals surface area (Å²) in [5.41, 5.74) is 2.42. The Hall–Kier alpha value is -1.63. The Bertz CT molecular complexity index is 391. The van der Waals surface area contributed by atoms with E-state index in [9.17, 15) is 0 Å². The van der Waals surface area contributed by atoms with Crippen molar-refractivity contribution in [2.45, 2.75) is 45.1 Å². The summed E-state index contributed by atoms with van der Waals surface area (Å²) in [4.78, 5) is 12.4. The van der Waals surface area contributed by atoms with Gasteiger partial charge < -0.3 is 10.1 Å². The summed E-state index contributed by atoms with van der Waals surface area (Å²) in [7, 11) is 1.52. The summed E-state index contributed by atoms with van der Waals surface area (Å²) in [5, 5.41) is 3.38. The van der Waals surface area contributed by atoms with Crippen molar-refractivity contribution < 1.29 is 4.74 Å². The van der Waals surface area contributed by atoms with Gasteiger partial charge in [-0.1, -0.05) is 26.2 Å². The molecule has 106 valence electrons. The van der Waals surface area contributed by atoms with E-state index < -0.39 is 0 Å². The molecule has 1 aromatic rings. The highest BCUT2D eigenvalue weighted by molar-refractivity contribution is 5.35. The van der Waals surface area contributed by atoms with E-state index >= 15 is 0 Å². The molecule has 1 fully saturated rings. The van der Waals surface area contributed by atoms with Gasteiger partial charge in [0.25, 0.3) is 0 Å². The number of hydrogen-bond acceptors (Lipinski definition) is 7. The Morgan fingerprint density at radius 2 is 1.84 bits per heavy atom. The van der Waals surface area contributed by atoms with Gasteiger partial charge in [-0.25, -0.2) is 5.84 Å². The van der Waals surface area contributed by atoms with Crippen molar-refractivity contribution in [3.05, 3.63) is 0 Å². The molecule has 19 heavy (non-hydrogen) atoms. The molecule has 1 aliphatic rings. The van der Waals surface area contributed by atoms with Gasteiger partial charge in [-0.2, -0.15) is 15.0 Å². The van der Waals surface area contributed by atoms with Crippen LogP contribution in [0.2, 0.25) is 0 Å². The number of nitrogens with one attached hydrogen (secondary N) is 2. The Balaban J connectivity index is 2.12. The smallest absolute Gasteiger partial charge is 0.322 e. The molecule has 0 amide bonds. The number of aromatic nitrogens is 3. The zero-order valence-electron chi connectivity index (χ0n) is 11.5. The number of hydrogen-bond donors (Lipinski definition) is 3. The third-order valence-corrected chi connectivity index (χ3v) is 3.60. The molecular formula is C12H22N6O. The maximum Gasteiger partial charge on any atom is 0.322 e. The Morgan fingerprint density at radius 3 is 2.58 bits per heavy atom. The number of anilines is 2. The van der Waals surface area contributed by atoms with Crippen LogP contribution in [0.15, 0.2) is 0 Å². The summed E-state index contributed by atoms with van der Waals surface area (Å²) in [5.74, 6) is 6.77. The number of ether oxygens (including phenoxy) is 1. The van der Waals surface area contributed by atoms with Gasteiger partial charge in [-0.15, -0.1) is 0 Å². The van der Waals surface area contributed by atoms with Crippen LogP contribution in [0.3, 0.4) is 0 Å². The van der Waals surface area contributed by atoms with E-state index in [0.29, 0.717) is 23.9 Å². The third kappa shape index (κ3) is 3.66. The van der Waals surface area contributed by atoms with Gasteiger partial charge in [0.1, 0.15) is 0 Å². The van der Waals surface area contributed by atoms with E-state index in [4.69, 9.17) is 10.6 Å². The van der Waals surface area contributed by atoms with Crippen molar-refractivity contribution >= 4 is 11.9 Å². The number of hydrazine groups is 1. The highest BCUT2D eigenvalue weighted by atomic mass is 16.5. The lowest BCUT2D eigenvalue weighted by Crippen LogP contribution is -2.27. The Kier molecular flexibility index (Phi) is 4.73. The first-order valence-electron chi connectivity index (χ1n) is 6.76. The van der Waals surface area contributed by atoms with Gasteiger partial charge in [0.15, 0.2) is 0 Å². The SMILES string of the molecule is COc1nc(NN)nc(NC2CCCCCC2C)n1. The van der Waals surface area contributed by atoms with Crippen LogP contribution in [0.1, 0.15) is 39.0 Å². The fourth-order valence-corrected chi connectivity index (χ4v) is 2.45. The molecule has 1 aliphatic carbocycles. The molecule has 4 N–H and O–H groups in total. The van der Waals surface area contributed by atoms with Crippen LogP contribution in [0, 0.1) is 5.92 Å². The van der Waals surface area contributed by atoms with E-state index in [0.717, 1.165) is 6.42 Å². The zero-order valence-corrected chi connectivity index (χ0v) is 11.5. The minimum absolute atomic E-state index is 0.256. The van der Waals surface area contributed by atoms with Crippen LogP contribution < -0.4 is 21.3 Å². The highest BCUT2D eigenvalue weighted by Crippen LogP contribution is 2.25. The third-order valence-electron chi connectivity index (χ3n) is 3.60. The van der Waals surface area contributed by atoms with E-state index in [2.05, 4.69) is 32.6 Å². The van der Waals surface area contributed by atoms with Crippen molar-refractivity contribution in [2.24, 2.45) is 11.8 Å². The molecule has 7 heteroatoms. The zero-order chi connectivity index (χ0) is 13.7. The molecule has 7 nitrogen and oxygen atoms in total. The highest BCUT2D eigenvalue weighted by Gasteiger charge is 2.21. The van der Waals surface area contributed by atoms with Crippen LogP contribution in [0.4, 0.5) is 11.9 Å². The lowest BCUT2D eigenvalue weighted by Gasteiger charge is -2.22. The van der Waals surface area contributed by atoms with Crippen molar-refractivity contribution in [1.82, 2.24) is 15.0 Å². The lowest BCUT2D eigenvalue weighted by molar-refractivity contribution is 0.378. The van der Waals surface area contributed by atoms with E-state index in [1.807, 2.05) is 0 Å². The number of nitrogens with two attached hydrogens (primary N) is 1. The lowest BCUT2D eigenvalue weighted by atomic mass is 9.97. The normalized spacial score (nSPS) is 23.5. The second kappa shape index (κ2) is 6.51. The molecule has 2 atom stereocenters. The largest absolute Gasteiger partial charge is 0.467 e. The van der Waals surface area contributed by atoms with E-state index in [1.54, 1.807) is 0 Å². The van der Waals surface area contributed by atoms with E-state index in [-0.39, 0.29) is 6.01 Å². The Morgan fingerprint density at radius 1 is 1.11 bits per heavy atom. The number of nitrogens with zero attached hydrogens (tertiary/aromatic N) is 3. The average Bonchev–Trinajstić information content (AvgIpc) is 2.63. The minimum Gasteiger partial charge on any atom is -0.467 e. The molecule has 1 saturated carbocycles. The van der Waals surface area contributed by atoms with Gasteiger partial charge in [-0.3, -0.25) is 5.43 Å². The number of rotatable bonds is 4. The standard InChI is InChI=1S/C12H22N6O/c1-8-6-4-3-5-7-9(8)14-10-15-11(18-13)17-12(16-10)19-2/h8-9H,3-7,13H2,1-2H3,(H2,14,15,16,17,18). The van der Waals surface area contributed by atoms with Crippen molar-refractivity contribution in [3.63, 3.8) is 0 Å². The van der Waals surface area contributed by atoms with Crippen molar-refractivity contribution in [1.29, 1.82) is 0 Å². The Labute approximate surface area is 113 Å². The van der Waals surface area contributed by atoms with Gasteiger partial charge >= 0.3 is 6.01 Å². The van der Waals surface area contributed by atoms with Crippen LogP contribution in [-0.2, 0) is 0 Å². The summed E-state index contributed by atoms with van der Waals surface area (Å²) >= 11 is 0. The maximum atomic E-state index is 5.34. The first-order valence-corrected chi connectivity index (χ1v) is 6.76. The number of methoxy groups -OCH3 is 1. The van der Waals surface area contributed by atoms with Crippen molar-refractivity contribution in [2.75, 3.05) is 17.9 Å². The topological polar surface area (TPSA) is 98.0 Å². The van der Waals surface area contributed by atoms with E-state index in [1.165, 1.54) is 32.8 Å². The van der Waals surface area contributed by atoms with Crippen LogP contribution in [0.5, 0.6) is 6.01 Å². The number of nitrogen functional groups attached to an aromatic ring is 1. The van der Waals surface area contributed by atoms with Crippen molar-refractivity contribution in [3.8, 4) is 6.01 Å². The van der Waals surface area contributed by atoms with Crippen LogP contribution >= 0.6 is 0 Å². The van der Waals surface area contributed by atoms with Gasteiger partial charge in [0.05, 0.1) is 7.11 Å². The van der Waals surface area contributed by atoms with Crippen LogP contribution in [0.25, 0.3) is 0 Å². The second-order valence-corrected chi connectivity index (χ2v) is 4.98. The monoisotopic (exact) mass is 266 g/mol. The summed E-state index contributed by atoms with van der Waals surface area (Å²) in [6.45, 7) is 2.27. The molecule has 0 aliphatic heterocycles. The van der Waals surface area contributed by atoms with Crippen LogP contribution in [-0.4, -0.2) is 28.1 Å². The first-order chi connectivity index (χ1) is 9.22. The van der Waals surface area contributed by atoms with Gasteiger partial charge in [0, 0.05) is 6.04 Å². The quantitative estimate of drug-likeness (QED) is 0.432. The summed E-state index contributed by atoms with van der Waals surface area (Å²) in [6, 6.07) is 0.645. The predicted molar refractivity (Wildman–Crippen MR) is 73.8 cm³/mol. The predicted octanol–water partition coefficient (Wildman–Crippen LogP) is 1.55. The molecule has 0 saturated heterocycles.